The standard InChI is InChI=1S/C29H35N5O5/c1-3-10-34-17-28(35)32-24-9-11-33(15-22-14-30-19-31-22)16-27(24)38-18-20-5-4-6-23(12-20)39-26-13-21(29(34)36)7-8-25(26)37-2/h4-8,12-14,19,24,27H,3,9-11,15-18H2,1-2H3,(H,30,31)(H,32,35)/t24-,27-/m0/s1. The predicted octanol–water partition coefficient (Wildman–Crippen LogP) is 3.35. The zero-order valence-corrected chi connectivity index (χ0v) is 22.4. The average Bonchev–Trinajstić information content (AvgIpc) is 3.45. The summed E-state index contributed by atoms with van der Waals surface area (Å²) in [5.74, 6) is 1.12. The molecule has 3 heterocycles. The molecule has 2 amide bonds. The number of H-pyrrole nitrogens is 1. The molecule has 5 rings (SSSR count). The average molecular weight is 534 g/mol. The molecular weight excluding hydrogens is 498 g/mol. The molecular formula is C29H35N5O5. The van der Waals surface area contributed by atoms with Crippen molar-refractivity contribution < 1.29 is 23.8 Å². The molecule has 2 N–H and O–H groups in total. The topological polar surface area (TPSA) is 109 Å². The van der Waals surface area contributed by atoms with Crippen LogP contribution in [-0.4, -0.2) is 77.0 Å². The first kappa shape index (κ1) is 26.7. The Labute approximate surface area is 228 Å². The van der Waals surface area contributed by atoms with Crippen LogP contribution >= 0.6 is 0 Å². The number of imidazole rings is 1. The van der Waals surface area contributed by atoms with E-state index in [0.717, 1.165) is 37.2 Å². The van der Waals surface area contributed by atoms with Crippen molar-refractivity contribution in [2.75, 3.05) is 33.3 Å². The number of hydrogen-bond donors (Lipinski definition) is 2. The highest BCUT2D eigenvalue weighted by Crippen LogP contribution is 2.33. The maximum atomic E-state index is 13.5. The van der Waals surface area contributed by atoms with Crippen molar-refractivity contribution in [1.82, 2.24) is 25.1 Å². The maximum absolute atomic E-state index is 13.5. The summed E-state index contributed by atoms with van der Waals surface area (Å²) in [6, 6.07) is 12.6. The van der Waals surface area contributed by atoms with Crippen LogP contribution in [0.4, 0.5) is 0 Å². The Morgan fingerprint density at radius 1 is 1.18 bits per heavy atom. The zero-order chi connectivity index (χ0) is 27.2. The molecule has 10 nitrogen and oxygen atoms in total. The Balaban J connectivity index is 1.44. The van der Waals surface area contributed by atoms with Gasteiger partial charge in [0.15, 0.2) is 11.5 Å². The van der Waals surface area contributed by atoms with Gasteiger partial charge >= 0.3 is 0 Å². The van der Waals surface area contributed by atoms with Gasteiger partial charge < -0.3 is 29.4 Å². The van der Waals surface area contributed by atoms with Gasteiger partial charge in [0, 0.05) is 43.6 Å². The molecule has 2 aliphatic heterocycles. The highest BCUT2D eigenvalue weighted by atomic mass is 16.5. The van der Waals surface area contributed by atoms with Crippen molar-refractivity contribution in [1.29, 1.82) is 0 Å². The van der Waals surface area contributed by atoms with Crippen LogP contribution in [0.25, 0.3) is 0 Å². The van der Waals surface area contributed by atoms with E-state index in [1.165, 1.54) is 0 Å². The maximum Gasteiger partial charge on any atom is 0.254 e. The molecule has 2 aromatic carbocycles. The Bertz CT molecular complexity index is 1280. The molecule has 0 spiro atoms. The third kappa shape index (κ3) is 6.58. The van der Waals surface area contributed by atoms with Gasteiger partial charge in [-0.05, 0) is 48.7 Å². The van der Waals surface area contributed by atoms with E-state index in [0.29, 0.717) is 42.5 Å². The quantitative estimate of drug-likeness (QED) is 0.518. The molecule has 39 heavy (non-hydrogen) atoms. The minimum absolute atomic E-state index is 0.0327. The number of piperidine rings is 1. The molecule has 4 bridgehead atoms. The van der Waals surface area contributed by atoms with Crippen molar-refractivity contribution in [3.8, 4) is 17.2 Å². The first-order chi connectivity index (χ1) is 19.0. The number of nitrogens with zero attached hydrogens (tertiary/aromatic N) is 3. The van der Waals surface area contributed by atoms with Crippen molar-refractivity contribution in [3.05, 3.63) is 71.8 Å². The van der Waals surface area contributed by atoms with E-state index in [1.807, 2.05) is 37.4 Å². The molecule has 0 radical (unpaired) electrons. The fourth-order valence-corrected chi connectivity index (χ4v) is 5.12. The fourth-order valence-electron chi connectivity index (χ4n) is 5.12. The van der Waals surface area contributed by atoms with Gasteiger partial charge in [0.25, 0.3) is 5.91 Å². The van der Waals surface area contributed by atoms with Gasteiger partial charge in [-0.3, -0.25) is 14.5 Å². The first-order valence-corrected chi connectivity index (χ1v) is 13.4. The van der Waals surface area contributed by atoms with E-state index in [4.69, 9.17) is 14.2 Å². The number of aromatic amines is 1. The molecule has 10 heteroatoms. The molecule has 1 fully saturated rings. The Morgan fingerprint density at radius 3 is 2.87 bits per heavy atom. The summed E-state index contributed by atoms with van der Waals surface area (Å²) < 4.78 is 18.1. The number of nitrogens with one attached hydrogen (secondary N) is 2. The van der Waals surface area contributed by atoms with Gasteiger partial charge in [-0.25, -0.2) is 4.98 Å². The normalized spacial score (nSPS) is 20.6. The van der Waals surface area contributed by atoms with Crippen LogP contribution in [0, 0.1) is 0 Å². The second-order valence-corrected chi connectivity index (χ2v) is 9.97. The number of aromatic nitrogens is 2. The number of carbonyl (C=O) groups is 2. The van der Waals surface area contributed by atoms with Gasteiger partial charge in [0.1, 0.15) is 5.75 Å². The molecule has 0 saturated carbocycles. The summed E-state index contributed by atoms with van der Waals surface area (Å²) in [5.41, 5.74) is 2.40. The van der Waals surface area contributed by atoms with Crippen LogP contribution in [0.1, 0.15) is 41.4 Å². The van der Waals surface area contributed by atoms with Gasteiger partial charge in [-0.15, -0.1) is 0 Å². The molecule has 2 atom stereocenters. The molecule has 0 unspecified atom stereocenters. The van der Waals surface area contributed by atoms with E-state index in [1.54, 1.807) is 36.5 Å². The Morgan fingerprint density at radius 2 is 2.08 bits per heavy atom. The second kappa shape index (κ2) is 12.3. The second-order valence-electron chi connectivity index (χ2n) is 9.97. The number of rotatable bonds is 5. The van der Waals surface area contributed by atoms with E-state index in [2.05, 4.69) is 20.2 Å². The first-order valence-electron chi connectivity index (χ1n) is 13.4. The van der Waals surface area contributed by atoms with Crippen molar-refractivity contribution >= 4 is 11.8 Å². The van der Waals surface area contributed by atoms with Gasteiger partial charge in [-0.2, -0.15) is 0 Å². The molecule has 206 valence electrons. The number of ether oxygens (including phenoxy) is 3. The number of hydrogen-bond acceptors (Lipinski definition) is 7. The summed E-state index contributed by atoms with van der Waals surface area (Å²) in [6.07, 6.45) is 4.73. The largest absolute Gasteiger partial charge is 0.493 e. The van der Waals surface area contributed by atoms with E-state index in [-0.39, 0.29) is 30.5 Å². The number of carbonyl (C=O) groups excluding carboxylic acids is 2. The minimum atomic E-state index is -0.234. The SMILES string of the molecule is CCCN1CC(=O)N[C@H]2CCN(Cc3cnc[nH]3)C[C@@H]2OCc2cccc(c2)Oc2cc(ccc2OC)C1=O. The number of methoxy groups -OCH3 is 1. The molecule has 1 saturated heterocycles. The van der Waals surface area contributed by atoms with Crippen molar-refractivity contribution in [3.63, 3.8) is 0 Å². The lowest BCUT2D eigenvalue weighted by Crippen LogP contribution is -2.56. The third-order valence-corrected chi connectivity index (χ3v) is 7.05. The summed E-state index contributed by atoms with van der Waals surface area (Å²) >= 11 is 0. The number of benzene rings is 2. The van der Waals surface area contributed by atoms with Gasteiger partial charge in [0.2, 0.25) is 5.91 Å². The van der Waals surface area contributed by atoms with E-state index >= 15 is 0 Å². The van der Waals surface area contributed by atoms with Gasteiger partial charge in [0.05, 0.1) is 38.7 Å². The smallest absolute Gasteiger partial charge is 0.254 e. The number of likely N-dealkylation sites (tertiary alicyclic amines) is 1. The summed E-state index contributed by atoms with van der Waals surface area (Å²) in [7, 11) is 1.56. The van der Waals surface area contributed by atoms with Crippen LogP contribution in [0.3, 0.4) is 0 Å². The minimum Gasteiger partial charge on any atom is -0.493 e. The highest BCUT2D eigenvalue weighted by Gasteiger charge is 2.32. The molecule has 3 aromatic rings. The van der Waals surface area contributed by atoms with Crippen LogP contribution in [0.15, 0.2) is 55.0 Å². The van der Waals surface area contributed by atoms with Crippen LogP contribution in [0.2, 0.25) is 0 Å². The Kier molecular flexibility index (Phi) is 8.43. The van der Waals surface area contributed by atoms with Crippen LogP contribution in [-0.2, 0) is 22.7 Å². The summed E-state index contributed by atoms with van der Waals surface area (Å²) in [4.78, 5) is 37.9. The van der Waals surface area contributed by atoms with Crippen molar-refractivity contribution in [2.45, 2.75) is 45.1 Å². The lowest BCUT2D eigenvalue weighted by atomic mass is 10.0. The molecule has 1 aromatic heterocycles. The number of amides is 2. The monoisotopic (exact) mass is 533 g/mol. The third-order valence-electron chi connectivity index (χ3n) is 7.05. The lowest BCUT2D eigenvalue weighted by Gasteiger charge is -2.39. The Hall–Kier alpha value is -3.89. The van der Waals surface area contributed by atoms with Gasteiger partial charge in [-0.1, -0.05) is 19.1 Å². The van der Waals surface area contributed by atoms with E-state index in [9.17, 15) is 9.59 Å². The summed E-state index contributed by atoms with van der Waals surface area (Å²) in [6.45, 7) is 4.96. The zero-order valence-electron chi connectivity index (χ0n) is 22.4. The van der Waals surface area contributed by atoms with Crippen molar-refractivity contribution in [2.24, 2.45) is 0 Å². The fraction of sp³-hybridized carbons (Fsp3) is 0.414. The number of fused-ring (bicyclic) bond motifs is 5. The van der Waals surface area contributed by atoms with E-state index < -0.39 is 0 Å². The lowest BCUT2D eigenvalue weighted by molar-refractivity contribution is -0.125. The molecule has 2 aliphatic rings. The predicted molar refractivity (Wildman–Crippen MR) is 145 cm³/mol. The van der Waals surface area contributed by atoms with Crippen LogP contribution in [0.5, 0.6) is 17.2 Å². The summed E-state index contributed by atoms with van der Waals surface area (Å²) in [5, 5.41) is 3.17. The highest BCUT2D eigenvalue weighted by molar-refractivity contribution is 5.97. The molecule has 0 aliphatic carbocycles. The van der Waals surface area contributed by atoms with Crippen LogP contribution < -0.4 is 14.8 Å².